The molecule has 43 heavy (non-hydrogen) atoms. The Labute approximate surface area is 236 Å². The molecule has 8 nitrogen and oxygen atoms in total. The van der Waals surface area contributed by atoms with Crippen molar-refractivity contribution >= 4 is 28.5 Å². The maximum absolute atomic E-state index is 15.5. The fourth-order valence-electron chi connectivity index (χ4n) is 4.77. The third-order valence-corrected chi connectivity index (χ3v) is 6.79. The van der Waals surface area contributed by atoms with Crippen LogP contribution < -0.4 is 10.1 Å². The van der Waals surface area contributed by atoms with Gasteiger partial charge < -0.3 is 10.1 Å². The highest BCUT2D eigenvalue weighted by Crippen LogP contribution is 2.39. The normalized spacial score (nSPS) is 14.2. The van der Waals surface area contributed by atoms with Crippen molar-refractivity contribution in [2.24, 2.45) is 0 Å². The maximum atomic E-state index is 15.5. The molecule has 2 aromatic carbocycles. The van der Waals surface area contributed by atoms with Crippen LogP contribution >= 0.6 is 0 Å². The number of carbonyl (C=O) groups is 2. The molecule has 2 heterocycles. The van der Waals surface area contributed by atoms with Crippen LogP contribution in [0, 0.1) is 29.1 Å². The van der Waals surface area contributed by atoms with Crippen LogP contribution in [0.4, 0.5) is 40.9 Å². The number of hydrogen-bond donors (Lipinski definition) is 1. The Hall–Kier alpha value is -4.63. The van der Waals surface area contributed by atoms with Gasteiger partial charge in [-0.2, -0.15) is 27.1 Å². The van der Waals surface area contributed by atoms with E-state index in [0.717, 1.165) is 37.7 Å². The largest absolute Gasteiger partial charge is 0.451 e. The van der Waals surface area contributed by atoms with Crippen molar-refractivity contribution in [1.82, 2.24) is 19.7 Å². The zero-order valence-corrected chi connectivity index (χ0v) is 21.7. The van der Waals surface area contributed by atoms with Gasteiger partial charge >= 0.3 is 6.18 Å². The first-order valence-electron chi connectivity index (χ1n) is 12.8. The summed E-state index contributed by atoms with van der Waals surface area (Å²) < 4.78 is 115. The zero-order valence-electron chi connectivity index (χ0n) is 21.7. The van der Waals surface area contributed by atoms with Crippen molar-refractivity contribution in [3.05, 3.63) is 59.7 Å². The molecule has 5 rings (SSSR count). The van der Waals surface area contributed by atoms with Crippen LogP contribution in [-0.4, -0.2) is 37.6 Å². The van der Waals surface area contributed by atoms with Gasteiger partial charge in [0.05, 0.1) is 17.8 Å². The fraction of sp³-hybridized carbons (Fsp3) is 0.296. The number of Topliss-reactive ketones (excluding diaryl/α,β-unsaturated/α-hetero) is 1. The Kier molecular flexibility index (Phi) is 8.03. The number of nitrogens with one attached hydrogen (secondary N) is 1. The summed E-state index contributed by atoms with van der Waals surface area (Å²) in [4.78, 5) is 31.8. The minimum atomic E-state index is -5.24. The van der Waals surface area contributed by atoms with Gasteiger partial charge in [0, 0.05) is 17.7 Å². The second-order valence-corrected chi connectivity index (χ2v) is 9.69. The first-order valence-corrected chi connectivity index (χ1v) is 12.8. The quantitative estimate of drug-likeness (QED) is 0.138. The molecule has 0 unspecified atom stereocenters. The van der Waals surface area contributed by atoms with Crippen molar-refractivity contribution in [3.8, 4) is 22.8 Å². The summed E-state index contributed by atoms with van der Waals surface area (Å²) >= 11 is 0. The lowest BCUT2D eigenvalue weighted by molar-refractivity contribution is -0.171. The Bertz CT molecular complexity index is 1710. The second-order valence-electron chi connectivity index (χ2n) is 9.69. The third kappa shape index (κ3) is 5.99. The van der Waals surface area contributed by atoms with E-state index in [9.17, 15) is 40.3 Å². The van der Waals surface area contributed by atoms with Gasteiger partial charge in [-0.05, 0) is 25.0 Å². The number of halogens is 8. The molecule has 0 aliphatic heterocycles. The molecule has 0 atom stereocenters. The Morgan fingerprint density at radius 3 is 2.23 bits per heavy atom. The highest BCUT2D eigenvalue weighted by Gasteiger charge is 2.39. The van der Waals surface area contributed by atoms with E-state index >= 15 is 4.39 Å². The summed E-state index contributed by atoms with van der Waals surface area (Å²) in [5, 5.41) is 6.57. The van der Waals surface area contributed by atoms with Crippen LogP contribution in [0.3, 0.4) is 0 Å². The number of alkyl halides is 3. The monoisotopic (exact) mass is 613 g/mol. The Morgan fingerprint density at radius 1 is 0.930 bits per heavy atom. The lowest BCUT2D eigenvalue weighted by Gasteiger charge is -2.22. The predicted molar refractivity (Wildman–Crippen MR) is 133 cm³/mol. The van der Waals surface area contributed by atoms with Crippen molar-refractivity contribution in [2.45, 2.75) is 50.7 Å². The summed E-state index contributed by atoms with van der Waals surface area (Å²) in [6, 6.07) is 2.53. The molecule has 1 aliphatic carbocycles. The Balaban J connectivity index is 1.57. The van der Waals surface area contributed by atoms with E-state index in [4.69, 9.17) is 4.74 Å². The summed E-state index contributed by atoms with van der Waals surface area (Å²) in [5.74, 6) is -14.2. The van der Waals surface area contributed by atoms with E-state index in [0.29, 0.717) is 18.9 Å². The number of ketones is 1. The fourth-order valence-corrected chi connectivity index (χ4v) is 4.77. The van der Waals surface area contributed by atoms with Crippen LogP contribution in [0.2, 0.25) is 0 Å². The highest BCUT2D eigenvalue weighted by molar-refractivity contribution is 6.10. The summed E-state index contributed by atoms with van der Waals surface area (Å²) in [6.45, 7) is 0. The van der Waals surface area contributed by atoms with Crippen LogP contribution in [0.15, 0.2) is 30.6 Å². The number of ether oxygens (including phenoxy) is 1. The van der Waals surface area contributed by atoms with Crippen LogP contribution in [-0.2, 0) is 9.59 Å². The number of aromatic nitrogens is 4. The molecule has 0 saturated heterocycles. The molecule has 4 aromatic rings. The smallest absolute Gasteiger partial charge is 0.450 e. The first-order chi connectivity index (χ1) is 20.3. The second kappa shape index (κ2) is 11.6. The molecular weight excluding hydrogens is 594 g/mol. The number of benzene rings is 2. The summed E-state index contributed by atoms with van der Waals surface area (Å²) in [5.41, 5.74) is -0.305. The van der Waals surface area contributed by atoms with E-state index in [1.807, 2.05) is 0 Å². The number of rotatable bonds is 7. The van der Waals surface area contributed by atoms with E-state index < -0.39 is 64.9 Å². The molecule has 1 aliphatic rings. The van der Waals surface area contributed by atoms with Crippen LogP contribution in [0.5, 0.6) is 11.5 Å². The van der Waals surface area contributed by atoms with Crippen molar-refractivity contribution < 1.29 is 49.4 Å². The van der Waals surface area contributed by atoms with Gasteiger partial charge in [0.15, 0.2) is 17.3 Å². The lowest BCUT2D eigenvalue weighted by atomic mass is 9.96. The third-order valence-electron chi connectivity index (χ3n) is 6.79. The molecule has 2 aromatic heterocycles. The molecule has 1 fully saturated rings. The number of hydrogen-bond acceptors (Lipinski definition) is 6. The summed E-state index contributed by atoms with van der Waals surface area (Å²) in [7, 11) is 0. The molecule has 1 saturated carbocycles. The molecule has 16 heteroatoms. The zero-order chi connectivity index (χ0) is 31.1. The SMILES string of the molecule is O=C(CC(=O)C(F)(F)F)Nc1ncnc2c1c(-c1ccc(Oc3c(F)c(F)cc(F)c3F)cc1F)nn2C1CCCCC1. The van der Waals surface area contributed by atoms with Gasteiger partial charge in [-0.15, -0.1) is 0 Å². The average Bonchev–Trinajstić information content (AvgIpc) is 3.34. The molecule has 0 spiro atoms. The number of fused-ring (bicyclic) bond motifs is 1. The van der Waals surface area contributed by atoms with Gasteiger partial charge in [-0.1, -0.05) is 19.3 Å². The molecule has 1 N–H and O–H groups in total. The lowest BCUT2D eigenvalue weighted by Crippen LogP contribution is -2.28. The van der Waals surface area contributed by atoms with E-state index in [2.05, 4.69) is 20.4 Å². The van der Waals surface area contributed by atoms with Crippen LogP contribution in [0.25, 0.3) is 22.3 Å². The van der Waals surface area contributed by atoms with Gasteiger partial charge in [0.2, 0.25) is 29.1 Å². The van der Waals surface area contributed by atoms with Gasteiger partial charge in [0.25, 0.3) is 0 Å². The minimum Gasteiger partial charge on any atom is -0.451 e. The van der Waals surface area contributed by atoms with Gasteiger partial charge in [-0.3, -0.25) is 9.59 Å². The highest BCUT2D eigenvalue weighted by atomic mass is 19.4. The molecular formula is C27H19F8N5O3. The van der Waals surface area contributed by atoms with Gasteiger partial charge in [0.1, 0.15) is 29.4 Å². The van der Waals surface area contributed by atoms with Crippen LogP contribution in [0.1, 0.15) is 44.6 Å². The molecule has 226 valence electrons. The van der Waals surface area contributed by atoms with E-state index in [1.54, 1.807) is 0 Å². The molecule has 1 amide bonds. The summed E-state index contributed by atoms with van der Waals surface area (Å²) in [6.07, 6.45) is -1.73. The van der Waals surface area contributed by atoms with Gasteiger partial charge in [-0.25, -0.2) is 27.8 Å². The minimum absolute atomic E-state index is 0.0214. The number of carbonyl (C=O) groups excluding carboxylic acids is 2. The number of amides is 1. The topological polar surface area (TPSA) is 99.0 Å². The molecule has 0 bridgehead atoms. The molecule has 0 radical (unpaired) electrons. The van der Waals surface area contributed by atoms with E-state index in [-0.39, 0.29) is 40.2 Å². The average molecular weight is 613 g/mol. The standard InChI is InChI=1S/C27H19F8N5O3/c28-15-8-13(43-24-21(31)16(29)9-17(30)22(24)32)6-7-14(15)23-20-25(38-19(42)10-18(41)27(33,34)35)36-11-37-26(20)40(39-23)12-4-2-1-3-5-12/h6-9,11-12H,1-5,10H2,(H,36,37,38,42). The van der Waals surface area contributed by atoms with E-state index in [1.165, 1.54) is 4.68 Å². The number of anilines is 1. The first kappa shape index (κ1) is 29.8. The predicted octanol–water partition coefficient (Wildman–Crippen LogP) is 6.95. The maximum Gasteiger partial charge on any atom is 0.450 e. The van der Waals surface area contributed by atoms with Crippen molar-refractivity contribution in [3.63, 3.8) is 0 Å². The Morgan fingerprint density at radius 2 is 1.60 bits per heavy atom. The van der Waals surface area contributed by atoms with Crippen molar-refractivity contribution in [1.29, 1.82) is 0 Å². The number of nitrogens with zero attached hydrogens (tertiary/aromatic N) is 4. The van der Waals surface area contributed by atoms with Crippen molar-refractivity contribution in [2.75, 3.05) is 5.32 Å².